The molecule has 0 N–H and O–H groups in total. The minimum atomic E-state index is -0.458. The van der Waals surface area contributed by atoms with Gasteiger partial charge >= 0.3 is 5.97 Å². The molecule has 0 fully saturated rings. The monoisotopic (exact) mass is 263 g/mol. The van der Waals surface area contributed by atoms with E-state index in [9.17, 15) is 4.79 Å². The Bertz CT molecular complexity index is 536. The molecule has 0 aliphatic heterocycles. The highest BCUT2D eigenvalue weighted by Crippen LogP contribution is 2.28. The molecule has 0 saturated heterocycles. The highest BCUT2D eigenvalue weighted by molar-refractivity contribution is 7.98. The van der Waals surface area contributed by atoms with Crippen molar-refractivity contribution < 1.29 is 13.9 Å². The predicted molar refractivity (Wildman–Crippen MR) is 69.7 cm³/mol. The average molecular weight is 263 g/mol. The van der Waals surface area contributed by atoms with E-state index in [2.05, 4.69) is 4.98 Å². The maximum atomic E-state index is 11.8. The van der Waals surface area contributed by atoms with Crippen LogP contribution in [0.15, 0.2) is 40.0 Å². The summed E-state index contributed by atoms with van der Waals surface area (Å²) in [5, 5.41) is 0.455. The van der Waals surface area contributed by atoms with Gasteiger partial charge in [0.25, 0.3) is 5.22 Å². The van der Waals surface area contributed by atoms with E-state index < -0.39 is 5.97 Å². The normalized spacial score (nSPS) is 10.3. The van der Waals surface area contributed by atoms with E-state index in [0.29, 0.717) is 17.6 Å². The van der Waals surface area contributed by atoms with Crippen LogP contribution in [0.25, 0.3) is 11.3 Å². The Morgan fingerprint density at radius 3 is 2.72 bits per heavy atom. The summed E-state index contributed by atoms with van der Waals surface area (Å²) in [6, 6.07) is 9.40. The van der Waals surface area contributed by atoms with Gasteiger partial charge in [-0.15, -0.1) is 0 Å². The Hall–Kier alpha value is -1.75. The van der Waals surface area contributed by atoms with Gasteiger partial charge in [-0.2, -0.15) is 4.98 Å². The highest BCUT2D eigenvalue weighted by Gasteiger charge is 2.22. The zero-order valence-corrected chi connectivity index (χ0v) is 11.0. The second-order valence-electron chi connectivity index (χ2n) is 3.45. The minimum Gasteiger partial charge on any atom is -0.461 e. The summed E-state index contributed by atoms with van der Waals surface area (Å²) in [7, 11) is 0. The van der Waals surface area contributed by atoms with Crippen LogP contribution in [-0.4, -0.2) is 23.8 Å². The summed E-state index contributed by atoms with van der Waals surface area (Å²) in [5.41, 5.74) is 1.04. The molecule has 5 heteroatoms. The fourth-order valence-electron chi connectivity index (χ4n) is 1.51. The van der Waals surface area contributed by atoms with E-state index in [-0.39, 0.29) is 5.69 Å². The summed E-state index contributed by atoms with van der Waals surface area (Å²) in [4.78, 5) is 16.0. The Balaban J connectivity index is 2.45. The lowest BCUT2D eigenvalue weighted by Crippen LogP contribution is -2.06. The molecule has 1 aromatic carbocycles. The summed E-state index contributed by atoms with van der Waals surface area (Å²) in [6.45, 7) is 2.07. The highest BCUT2D eigenvalue weighted by atomic mass is 32.2. The molecule has 1 heterocycles. The molecule has 0 aliphatic carbocycles. The van der Waals surface area contributed by atoms with E-state index in [1.807, 2.05) is 36.6 Å². The van der Waals surface area contributed by atoms with Crippen molar-refractivity contribution in [2.24, 2.45) is 0 Å². The zero-order valence-electron chi connectivity index (χ0n) is 10.2. The molecule has 0 saturated carbocycles. The molecule has 0 bridgehead atoms. The van der Waals surface area contributed by atoms with Crippen LogP contribution in [0.3, 0.4) is 0 Å². The van der Waals surface area contributed by atoms with Gasteiger partial charge in [-0.1, -0.05) is 42.1 Å². The molecule has 0 unspecified atom stereocenters. The van der Waals surface area contributed by atoms with E-state index >= 15 is 0 Å². The molecule has 0 radical (unpaired) electrons. The first-order valence-corrected chi connectivity index (χ1v) is 6.76. The number of oxazole rings is 1. The number of esters is 1. The van der Waals surface area contributed by atoms with Gasteiger partial charge in [-0.3, -0.25) is 0 Å². The molecule has 18 heavy (non-hydrogen) atoms. The maximum absolute atomic E-state index is 11.8. The molecule has 94 valence electrons. The number of hydrogen-bond acceptors (Lipinski definition) is 5. The molecular formula is C13H13NO3S. The zero-order chi connectivity index (χ0) is 13.0. The minimum absolute atomic E-state index is 0.229. The summed E-state index contributed by atoms with van der Waals surface area (Å²) < 4.78 is 10.5. The van der Waals surface area contributed by atoms with Crippen LogP contribution in [0.2, 0.25) is 0 Å². The van der Waals surface area contributed by atoms with Gasteiger partial charge in [0.2, 0.25) is 0 Å². The quantitative estimate of drug-likeness (QED) is 0.626. The molecule has 0 aliphatic rings. The SMILES string of the molecule is CCOC(=O)c1nc(SC)oc1-c1ccccc1. The van der Waals surface area contributed by atoms with Crippen LogP contribution in [0.1, 0.15) is 17.4 Å². The van der Waals surface area contributed by atoms with Crippen molar-refractivity contribution in [2.45, 2.75) is 12.1 Å². The Morgan fingerprint density at radius 2 is 2.11 bits per heavy atom. The number of nitrogens with zero attached hydrogens (tertiary/aromatic N) is 1. The van der Waals surface area contributed by atoms with Crippen molar-refractivity contribution in [3.05, 3.63) is 36.0 Å². The molecule has 0 amide bonds. The fourth-order valence-corrected chi connectivity index (χ4v) is 1.86. The first kappa shape index (κ1) is 12.7. The van der Waals surface area contributed by atoms with E-state index in [0.717, 1.165) is 5.56 Å². The van der Waals surface area contributed by atoms with Crippen LogP contribution in [-0.2, 0) is 4.74 Å². The second kappa shape index (κ2) is 5.73. The third kappa shape index (κ3) is 2.56. The number of carbonyl (C=O) groups excluding carboxylic acids is 1. The molecule has 2 aromatic rings. The van der Waals surface area contributed by atoms with Crippen molar-refractivity contribution in [3.63, 3.8) is 0 Å². The van der Waals surface area contributed by atoms with Crippen molar-refractivity contribution in [3.8, 4) is 11.3 Å². The molecular weight excluding hydrogens is 250 g/mol. The fraction of sp³-hybridized carbons (Fsp3) is 0.231. The number of thioether (sulfide) groups is 1. The van der Waals surface area contributed by atoms with Crippen molar-refractivity contribution in [1.29, 1.82) is 0 Å². The van der Waals surface area contributed by atoms with Gasteiger partial charge in [0.15, 0.2) is 11.5 Å². The van der Waals surface area contributed by atoms with Crippen molar-refractivity contribution in [2.75, 3.05) is 12.9 Å². The lowest BCUT2D eigenvalue weighted by atomic mass is 10.1. The van der Waals surface area contributed by atoms with Gasteiger partial charge in [-0.05, 0) is 13.2 Å². The Labute approximate surface area is 109 Å². The van der Waals surface area contributed by atoms with Crippen molar-refractivity contribution >= 4 is 17.7 Å². The molecule has 2 rings (SSSR count). The third-order valence-corrected chi connectivity index (χ3v) is 2.81. The lowest BCUT2D eigenvalue weighted by molar-refractivity contribution is 0.0520. The number of rotatable bonds is 4. The predicted octanol–water partition coefficient (Wildman–Crippen LogP) is 3.24. The summed E-state index contributed by atoms with van der Waals surface area (Å²) >= 11 is 1.35. The molecule has 0 spiro atoms. The molecule has 4 nitrogen and oxygen atoms in total. The average Bonchev–Trinajstić information content (AvgIpc) is 2.84. The molecule has 0 atom stereocenters. The number of hydrogen-bond donors (Lipinski definition) is 0. The third-order valence-electron chi connectivity index (χ3n) is 2.29. The number of ether oxygens (including phenoxy) is 1. The summed E-state index contributed by atoms with van der Waals surface area (Å²) in [6.07, 6.45) is 1.84. The first-order valence-electron chi connectivity index (χ1n) is 5.53. The van der Waals surface area contributed by atoms with E-state index in [4.69, 9.17) is 9.15 Å². The number of carbonyl (C=O) groups is 1. The van der Waals surface area contributed by atoms with E-state index in [1.165, 1.54) is 11.8 Å². The first-order chi connectivity index (χ1) is 8.76. The van der Waals surface area contributed by atoms with Gasteiger partial charge in [0, 0.05) is 5.56 Å². The lowest BCUT2D eigenvalue weighted by Gasteiger charge is -2.00. The van der Waals surface area contributed by atoms with Crippen LogP contribution < -0.4 is 0 Å². The molecule has 1 aromatic heterocycles. The largest absolute Gasteiger partial charge is 0.461 e. The van der Waals surface area contributed by atoms with Crippen LogP contribution in [0.5, 0.6) is 0 Å². The topological polar surface area (TPSA) is 52.3 Å². The number of benzene rings is 1. The standard InChI is InChI=1S/C13H13NO3S/c1-3-16-12(15)10-11(17-13(14-10)18-2)9-7-5-4-6-8-9/h4-8H,3H2,1-2H3. The van der Waals surface area contributed by atoms with Crippen LogP contribution in [0.4, 0.5) is 0 Å². The Kier molecular flexibility index (Phi) is 4.04. The smallest absolute Gasteiger partial charge is 0.361 e. The maximum Gasteiger partial charge on any atom is 0.361 e. The van der Waals surface area contributed by atoms with E-state index in [1.54, 1.807) is 6.92 Å². The van der Waals surface area contributed by atoms with Crippen molar-refractivity contribution in [1.82, 2.24) is 4.98 Å². The van der Waals surface area contributed by atoms with Crippen LogP contribution in [0, 0.1) is 0 Å². The summed E-state index contributed by atoms with van der Waals surface area (Å²) in [5.74, 6) is -0.00111. The Morgan fingerprint density at radius 1 is 1.39 bits per heavy atom. The second-order valence-corrected chi connectivity index (χ2v) is 4.21. The van der Waals surface area contributed by atoms with Gasteiger partial charge in [0.1, 0.15) is 0 Å². The van der Waals surface area contributed by atoms with Gasteiger partial charge in [0.05, 0.1) is 6.61 Å². The van der Waals surface area contributed by atoms with Gasteiger partial charge in [-0.25, -0.2) is 4.79 Å². The van der Waals surface area contributed by atoms with Crippen LogP contribution >= 0.6 is 11.8 Å². The number of aromatic nitrogens is 1. The van der Waals surface area contributed by atoms with Gasteiger partial charge < -0.3 is 9.15 Å².